The number of nitrogens with zero attached hydrogens (tertiary/aromatic N) is 5. The van der Waals surface area contributed by atoms with Gasteiger partial charge in [0.15, 0.2) is 5.60 Å². The molecule has 3 aromatic rings. The topological polar surface area (TPSA) is 161 Å². The van der Waals surface area contributed by atoms with Crippen LogP contribution in [0.15, 0.2) is 29.1 Å². The number of piperidine rings is 1. The van der Waals surface area contributed by atoms with Crippen LogP contribution in [0.1, 0.15) is 120 Å². The number of rotatable bonds is 8. The number of aliphatic hydroxyl groups is 1. The van der Waals surface area contributed by atoms with Crippen molar-refractivity contribution in [2.24, 2.45) is 34.5 Å². The Kier molecular flexibility index (Phi) is 11.1. The molecule has 1 unspecified atom stereocenters. The van der Waals surface area contributed by atoms with Crippen molar-refractivity contribution in [3.8, 4) is 17.1 Å². The molecule has 65 heavy (non-hydrogen) atoms. The summed E-state index contributed by atoms with van der Waals surface area (Å²) >= 11 is 0. The summed E-state index contributed by atoms with van der Waals surface area (Å²) in [5.74, 6) is 2.62. The number of carbonyl (C=O) groups excluding carboxylic acids is 4. The highest BCUT2D eigenvalue weighted by Gasteiger charge is 2.60. The number of cyclic esters (lactones) is 1. The third kappa shape index (κ3) is 7.14. The van der Waals surface area contributed by atoms with E-state index in [0.717, 1.165) is 55.0 Å². The fraction of sp³-hybridized carbons (Fsp3) is 0.647. The second-order valence-corrected chi connectivity index (χ2v) is 21.4. The van der Waals surface area contributed by atoms with Gasteiger partial charge in [0.1, 0.15) is 24.7 Å². The standard InChI is InChI=1S/C51H65N5O9/c1-7-51(62)39-24-41-45-29(25-56(41)46(59)36(39)27-64-47(51)60)22-34-35(26-53(4)5)42(12-11-40(34)52-45)65-48(61)55-20-16-31(17-21-55)54(6)44(58)28-63-43-13-10-37-33-9-8-30-23-32(57)14-18-49(30,2)38(33)15-19-50(37,43)3/h11-12,22,24,30-31,33,37-38,43,62H,7-10,13-21,23,25-28H2,1-6H3/t30-,33-,37-,38-,43-,49-,50-,51?/m0/s1. The highest BCUT2D eigenvalue weighted by Crippen LogP contribution is 2.66. The van der Waals surface area contributed by atoms with Crippen molar-refractivity contribution in [2.75, 3.05) is 40.8 Å². The Hall–Kier alpha value is -4.66. The molecule has 348 valence electrons. The minimum Gasteiger partial charge on any atom is -0.458 e. The zero-order valence-electron chi connectivity index (χ0n) is 39.0. The first-order chi connectivity index (χ1) is 31.0. The number of hydrogen-bond donors (Lipinski definition) is 1. The van der Waals surface area contributed by atoms with Gasteiger partial charge in [-0.3, -0.25) is 14.4 Å². The Morgan fingerprint density at radius 3 is 2.48 bits per heavy atom. The Morgan fingerprint density at radius 1 is 0.954 bits per heavy atom. The Morgan fingerprint density at radius 2 is 1.72 bits per heavy atom. The van der Waals surface area contributed by atoms with Gasteiger partial charge in [0.05, 0.1) is 35.1 Å². The van der Waals surface area contributed by atoms with Crippen molar-refractivity contribution in [3.05, 3.63) is 56.9 Å². The van der Waals surface area contributed by atoms with Crippen LogP contribution >= 0.6 is 0 Å². The van der Waals surface area contributed by atoms with E-state index in [2.05, 4.69) is 13.8 Å². The molecule has 8 atom stereocenters. The summed E-state index contributed by atoms with van der Waals surface area (Å²) in [6, 6.07) is 7.27. The molecule has 0 spiro atoms. The van der Waals surface area contributed by atoms with Gasteiger partial charge in [0.25, 0.3) is 5.56 Å². The fourth-order valence-electron chi connectivity index (χ4n) is 14.0. The maximum Gasteiger partial charge on any atom is 0.415 e. The van der Waals surface area contributed by atoms with Gasteiger partial charge < -0.3 is 38.6 Å². The molecule has 4 saturated carbocycles. The molecule has 5 heterocycles. The van der Waals surface area contributed by atoms with Crippen LogP contribution in [0.3, 0.4) is 0 Å². The Labute approximate surface area is 381 Å². The highest BCUT2D eigenvalue weighted by molar-refractivity contribution is 5.90. The van der Waals surface area contributed by atoms with Gasteiger partial charge >= 0.3 is 12.1 Å². The van der Waals surface area contributed by atoms with Crippen molar-refractivity contribution in [2.45, 2.75) is 135 Å². The van der Waals surface area contributed by atoms with E-state index < -0.39 is 17.7 Å². The summed E-state index contributed by atoms with van der Waals surface area (Å²) in [4.78, 5) is 76.8. The molecule has 7 aliphatic rings. The van der Waals surface area contributed by atoms with E-state index in [1.165, 1.54) is 19.3 Å². The molecule has 2 amide bonds. The smallest absolute Gasteiger partial charge is 0.415 e. The predicted octanol–water partition coefficient (Wildman–Crippen LogP) is 6.56. The summed E-state index contributed by atoms with van der Waals surface area (Å²) in [6.45, 7) is 8.08. The van der Waals surface area contributed by atoms with Gasteiger partial charge in [-0.15, -0.1) is 0 Å². The maximum absolute atomic E-state index is 13.8. The van der Waals surface area contributed by atoms with Crippen LogP contribution in [-0.2, 0) is 49.2 Å². The number of amides is 2. The summed E-state index contributed by atoms with van der Waals surface area (Å²) < 4.78 is 19.6. The number of ketones is 1. The lowest BCUT2D eigenvalue weighted by molar-refractivity contribution is -0.172. The molecule has 1 aromatic carbocycles. The van der Waals surface area contributed by atoms with Gasteiger partial charge in [-0.1, -0.05) is 20.8 Å². The number of aromatic nitrogens is 2. The van der Waals surface area contributed by atoms with E-state index in [0.29, 0.717) is 84.6 Å². The quantitative estimate of drug-likeness (QED) is 0.191. The number of fused-ring (bicyclic) bond motifs is 10. The van der Waals surface area contributed by atoms with Crippen LogP contribution in [0.25, 0.3) is 22.3 Å². The number of likely N-dealkylation sites (tertiary alicyclic amines) is 1. The van der Waals surface area contributed by atoms with Crippen molar-refractivity contribution < 1.29 is 38.5 Å². The van der Waals surface area contributed by atoms with E-state index in [-0.39, 0.29) is 71.7 Å². The molecule has 4 aliphatic carbocycles. The Bertz CT molecular complexity index is 2530. The van der Waals surface area contributed by atoms with Crippen molar-refractivity contribution in [3.63, 3.8) is 0 Å². The van der Waals surface area contributed by atoms with E-state index in [9.17, 15) is 29.1 Å². The zero-order valence-corrected chi connectivity index (χ0v) is 39.0. The first-order valence-corrected chi connectivity index (χ1v) is 24.2. The second kappa shape index (κ2) is 16.3. The normalized spacial score (nSPS) is 31.7. The van der Waals surface area contributed by atoms with Gasteiger partial charge in [-0.25, -0.2) is 14.6 Å². The van der Waals surface area contributed by atoms with E-state index >= 15 is 0 Å². The number of Topliss-reactive ketones (excluding diaryl/α,β-unsaturated/α-hetero) is 1. The van der Waals surface area contributed by atoms with Crippen LogP contribution in [0.2, 0.25) is 0 Å². The van der Waals surface area contributed by atoms with Crippen LogP contribution in [-0.4, -0.2) is 106 Å². The van der Waals surface area contributed by atoms with Crippen LogP contribution in [0.5, 0.6) is 5.75 Å². The highest BCUT2D eigenvalue weighted by atomic mass is 16.6. The number of likely N-dealkylation sites (N-methyl/N-ethyl adjacent to an activating group) is 1. The van der Waals surface area contributed by atoms with Crippen molar-refractivity contribution >= 4 is 34.7 Å². The number of benzene rings is 1. The first kappa shape index (κ1) is 44.2. The molecular formula is C51H65N5O9. The number of ether oxygens (including phenoxy) is 3. The third-order valence-corrected chi connectivity index (χ3v) is 17.9. The number of esters is 1. The largest absolute Gasteiger partial charge is 0.458 e. The van der Waals surface area contributed by atoms with Crippen LogP contribution < -0.4 is 10.3 Å². The lowest BCUT2D eigenvalue weighted by Crippen LogP contribution is -2.54. The summed E-state index contributed by atoms with van der Waals surface area (Å²) in [6.07, 6.45) is 10.4. The third-order valence-electron chi connectivity index (χ3n) is 17.9. The fourth-order valence-corrected chi connectivity index (χ4v) is 14.0. The lowest BCUT2D eigenvalue weighted by atomic mass is 9.45. The molecule has 14 nitrogen and oxygen atoms in total. The molecule has 2 aromatic heterocycles. The molecule has 0 bridgehead atoms. The molecule has 1 saturated heterocycles. The van der Waals surface area contributed by atoms with Gasteiger partial charge in [0.2, 0.25) is 5.91 Å². The molecule has 10 rings (SSSR count). The summed E-state index contributed by atoms with van der Waals surface area (Å²) in [7, 11) is 5.75. The van der Waals surface area contributed by atoms with Crippen LogP contribution in [0.4, 0.5) is 4.79 Å². The van der Waals surface area contributed by atoms with Crippen molar-refractivity contribution in [1.82, 2.24) is 24.3 Å². The minimum absolute atomic E-state index is 0.0140. The monoisotopic (exact) mass is 891 g/mol. The van der Waals surface area contributed by atoms with E-state index in [1.807, 2.05) is 43.1 Å². The molecule has 0 radical (unpaired) electrons. The molecule has 5 fully saturated rings. The summed E-state index contributed by atoms with van der Waals surface area (Å²) in [5.41, 5.74) is 2.04. The van der Waals surface area contributed by atoms with E-state index in [4.69, 9.17) is 19.2 Å². The Balaban J connectivity index is 0.772. The van der Waals surface area contributed by atoms with Crippen LogP contribution in [0, 0.1) is 34.5 Å². The second-order valence-electron chi connectivity index (χ2n) is 21.4. The number of carbonyl (C=O) groups is 4. The molecule has 3 aliphatic heterocycles. The lowest BCUT2D eigenvalue weighted by Gasteiger charge is -2.60. The van der Waals surface area contributed by atoms with Crippen molar-refractivity contribution in [1.29, 1.82) is 0 Å². The van der Waals surface area contributed by atoms with Gasteiger partial charge in [-0.2, -0.15) is 0 Å². The molecule has 14 heteroatoms. The molecule has 1 N–H and O–H groups in total. The average Bonchev–Trinajstić information content (AvgIpc) is 3.83. The summed E-state index contributed by atoms with van der Waals surface area (Å²) in [5, 5.41) is 12.1. The van der Waals surface area contributed by atoms with E-state index in [1.54, 1.807) is 28.5 Å². The minimum atomic E-state index is -1.91. The molecular weight excluding hydrogens is 827 g/mol. The number of pyridine rings is 2. The average molecular weight is 892 g/mol. The number of hydrogen-bond acceptors (Lipinski definition) is 11. The predicted molar refractivity (Wildman–Crippen MR) is 242 cm³/mol. The van der Waals surface area contributed by atoms with Gasteiger partial charge in [-0.05, 0) is 137 Å². The maximum atomic E-state index is 13.8. The van der Waals surface area contributed by atoms with Gasteiger partial charge in [0, 0.05) is 67.6 Å². The first-order valence-electron chi connectivity index (χ1n) is 24.2. The zero-order chi connectivity index (χ0) is 45.7. The SMILES string of the molecule is CCC1(O)C(=O)OCc2c1cc1n(c2=O)Cc2cc3c(CN(C)C)c(OC(=O)N4CCC(N(C)C(=O)CO[C@H]5CC[C@H]6[C@@H]7CC[C@H]8CC(=O)CC[C@]8(C)[C@H]7CC[C@]56C)CC4)ccc3nc2-1.